The molecule has 0 saturated carbocycles. The molecule has 0 radical (unpaired) electrons. The maximum absolute atomic E-state index is 13.8. The van der Waals surface area contributed by atoms with E-state index in [-0.39, 0.29) is 23.8 Å². The van der Waals surface area contributed by atoms with Crippen molar-refractivity contribution in [2.45, 2.75) is 6.54 Å². The van der Waals surface area contributed by atoms with Gasteiger partial charge in [0.1, 0.15) is 6.54 Å². The number of phenolic OH excluding ortho intramolecular Hbond substituents is 1. The van der Waals surface area contributed by atoms with Crippen LogP contribution in [0.3, 0.4) is 0 Å². The van der Waals surface area contributed by atoms with Gasteiger partial charge in [0.05, 0.1) is 5.56 Å². The Bertz CT molecular complexity index is 1040. The molecule has 0 amide bonds. The third kappa shape index (κ3) is 2.57. The smallest absolute Gasteiger partial charge is 0.331 e. The van der Waals surface area contributed by atoms with Gasteiger partial charge in [0.25, 0.3) is 5.56 Å². The molecule has 0 atom stereocenters. The summed E-state index contributed by atoms with van der Waals surface area (Å²) >= 11 is 0. The van der Waals surface area contributed by atoms with Crippen molar-refractivity contribution in [3.63, 3.8) is 0 Å². The van der Waals surface area contributed by atoms with Crippen molar-refractivity contribution in [3.8, 4) is 17.1 Å². The fraction of sp³-hybridized carbons (Fsp3) is 0.143. The molecular formula is C14H10F2N4O4. The minimum atomic E-state index is -1.22. The molecule has 124 valence electrons. The van der Waals surface area contributed by atoms with Crippen LogP contribution >= 0.6 is 0 Å². The van der Waals surface area contributed by atoms with Crippen LogP contribution in [0.5, 0.6) is 5.75 Å². The van der Waals surface area contributed by atoms with Gasteiger partial charge in [-0.1, -0.05) is 5.16 Å². The molecule has 10 heteroatoms. The van der Waals surface area contributed by atoms with Gasteiger partial charge in [0, 0.05) is 19.3 Å². The van der Waals surface area contributed by atoms with Crippen LogP contribution in [-0.2, 0) is 13.6 Å². The van der Waals surface area contributed by atoms with Gasteiger partial charge in [-0.05, 0) is 12.1 Å². The molecule has 24 heavy (non-hydrogen) atoms. The van der Waals surface area contributed by atoms with Gasteiger partial charge >= 0.3 is 5.69 Å². The lowest BCUT2D eigenvalue weighted by atomic mass is 10.2. The Balaban J connectivity index is 1.95. The van der Waals surface area contributed by atoms with E-state index in [0.29, 0.717) is 0 Å². The molecule has 0 unspecified atom stereocenters. The molecule has 0 fully saturated rings. The monoisotopic (exact) mass is 336 g/mol. The second-order valence-electron chi connectivity index (χ2n) is 4.89. The number of halogens is 2. The third-order valence-corrected chi connectivity index (χ3v) is 3.34. The second kappa shape index (κ2) is 5.72. The number of nitrogens with zero attached hydrogens (tertiary/aromatic N) is 4. The fourth-order valence-electron chi connectivity index (χ4n) is 2.02. The lowest BCUT2D eigenvalue weighted by Gasteiger charge is -2.03. The van der Waals surface area contributed by atoms with Gasteiger partial charge < -0.3 is 9.63 Å². The first-order valence-electron chi connectivity index (χ1n) is 6.65. The van der Waals surface area contributed by atoms with Gasteiger partial charge in [0.2, 0.25) is 11.7 Å². The minimum absolute atomic E-state index is 0.0334. The van der Waals surface area contributed by atoms with Crippen LogP contribution in [0.2, 0.25) is 0 Å². The van der Waals surface area contributed by atoms with E-state index in [4.69, 9.17) is 4.52 Å². The van der Waals surface area contributed by atoms with Crippen molar-refractivity contribution in [1.29, 1.82) is 0 Å². The molecule has 3 rings (SSSR count). The fourth-order valence-corrected chi connectivity index (χ4v) is 2.02. The molecule has 0 aliphatic rings. The number of rotatable bonds is 3. The predicted molar refractivity (Wildman–Crippen MR) is 76.4 cm³/mol. The van der Waals surface area contributed by atoms with Crippen molar-refractivity contribution in [1.82, 2.24) is 19.3 Å². The summed E-state index contributed by atoms with van der Waals surface area (Å²) in [6.45, 7) is -0.144. The summed E-state index contributed by atoms with van der Waals surface area (Å²) in [7, 11) is 1.32. The predicted octanol–water partition coefficient (Wildman–Crippen LogP) is 0.629. The Labute approximate surface area is 132 Å². The summed E-state index contributed by atoms with van der Waals surface area (Å²) in [5.41, 5.74) is -1.31. The minimum Gasteiger partial charge on any atom is -0.503 e. The quantitative estimate of drug-likeness (QED) is 0.752. The van der Waals surface area contributed by atoms with E-state index < -0.39 is 28.6 Å². The number of benzene rings is 1. The van der Waals surface area contributed by atoms with Gasteiger partial charge in [-0.15, -0.1) is 0 Å². The molecule has 0 aliphatic heterocycles. The van der Waals surface area contributed by atoms with Crippen LogP contribution in [0.15, 0.2) is 38.5 Å². The lowest BCUT2D eigenvalue weighted by molar-refractivity contribution is 0.367. The van der Waals surface area contributed by atoms with Crippen LogP contribution < -0.4 is 11.2 Å². The van der Waals surface area contributed by atoms with E-state index in [1.165, 1.54) is 19.3 Å². The molecular weight excluding hydrogens is 326 g/mol. The highest BCUT2D eigenvalue weighted by Crippen LogP contribution is 2.28. The largest absolute Gasteiger partial charge is 0.503 e. The summed E-state index contributed by atoms with van der Waals surface area (Å²) in [6.07, 6.45) is 1.26. The van der Waals surface area contributed by atoms with Crippen LogP contribution in [0.4, 0.5) is 8.78 Å². The van der Waals surface area contributed by atoms with Crippen molar-refractivity contribution in [2.24, 2.45) is 7.05 Å². The summed E-state index contributed by atoms with van der Waals surface area (Å²) in [6, 6.07) is 3.11. The number of phenols is 1. The summed E-state index contributed by atoms with van der Waals surface area (Å²) in [5.74, 6) is -3.73. The van der Waals surface area contributed by atoms with E-state index in [0.717, 1.165) is 21.3 Å². The maximum atomic E-state index is 13.8. The first-order valence-corrected chi connectivity index (χ1v) is 6.65. The van der Waals surface area contributed by atoms with E-state index in [9.17, 15) is 23.5 Å². The molecule has 3 aromatic rings. The molecule has 1 N–H and O–H groups in total. The second-order valence-corrected chi connectivity index (χ2v) is 4.89. The molecule has 0 bridgehead atoms. The topological polar surface area (TPSA) is 103 Å². The average Bonchev–Trinajstić information content (AvgIpc) is 3.02. The summed E-state index contributed by atoms with van der Waals surface area (Å²) < 4.78 is 33.9. The van der Waals surface area contributed by atoms with Gasteiger partial charge in [-0.2, -0.15) is 4.98 Å². The normalized spacial score (nSPS) is 11.0. The van der Waals surface area contributed by atoms with Crippen LogP contribution in [0.1, 0.15) is 5.89 Å². The highest BCUT2D eigenvalue weighted by atomic mass is 19.1. The molecule has 0 spiro atoms. The van der Waals surface area contributed by atoms with E-state index >= 15 is 0 Å². The van der Waals surface area contributed by atoms with Crippen LogP contribution in [0.25, 0.3) is 11.4 Å². The average molecular weight is 336 g/mol. The summed E-state index contributed by atoms with van der Waals surface area (Å²) in [5, 5.41) is 12.8. The summed E-state index contributed by atoms with van der Waals surface area (Å²) in [4.78, 5) is 27.1. The zero-order chi connectivity index (χ0) is 17.4. The zero-order valence-corrected chi connectivity index (χ0v) is 12.2. The number of hydrogen-bond donors (Lipinski definition) is 1. The highest BCUT2D eigenvalue weighted by Gasteiger charge is 2.18. The molecule has 8 nitrogen and oxygen atoms in total. The first-order chi connectivity index (χ1) is 11.4. The first kappa shape index (κ1) is 15.6. The van der Waals surface area contributed by atoms with Gasteiger partial charge in [-0.25, -0.2) is 13.6 Å². The molecule has 1 aromatic carbocycles. The van der Waals surface area contributed by atoms with Gasteiger partial charge in [0.15, 0.2) is 17.4 Å². The Hall–Kier alpha value is -3.30. The van der Waals surface area contributed by atoms with Gasteiger partial charge in [-0.3, -0.25) is 13.9 Å². The van der Waals surface area contributed by atoms with Crippen molar-refractivity contribution >= 4 is 0 Å². The lowest BCUT2D eigenvalue weighted by Crippen LogP contribution is -2.37. The SMILES string of the molecule is Cn1c(=O)ccn(Cc2nc(-c3ccc(F)c(O)c3F)no2)c1=O. The molecule has 2 heterocycles. The maximum Gasteiger partial charge on any atom is 0.331 e. The molecule has 0 aliphatic carbocycles. The molecule has 0 saturated heterocycles. The standard InChI is InChI=1S/C14H10F2N4O4/c1-19-10(21)4-5-20(14(19)23)6-9-17-13(18-24-9)7-2-3-8(15)12(22)11(7)16/h2-5,22H,6H2,1H3. The Morgan fingerprint density at radius 3 is 2.75 bits per heavy atom. The van der Waals surface area contributed by atoms with Crippen molar-refractivity contribution in [3.05, 3.63) is 62.8 Å². The Morgan fingerprint density at radius 1 is 1.25 bits per heavy atom. The highest BCUT2D eigenvalue weighted by molar-refractivity contribution is 5.58. The third-order valence-electron chi connectivity index (χ3n) is 3.34. The Kier molecular flexibility index (Phi) is 3.72. The number of hydrogen-bond acceptors (Lipinski definition) is 6. The van der Waals surface area contributed by atoms with E-state index in [1.54, 1.807) is 0 Å². The van der Waals surface area contributed by atoms with Crippen molar-refractivity contribution < 1.29 is 18.4 Å². The van der Waals surface area contributed by atoms with Crippen LogP contribution in [-0.4, -0.2) is 24.4 Å². The van der Waals surface area contributed by atoms with Crippen molar-refractivity contribution in [2.75, 3.05) is 0 Å². The number of aromatic hydroxyl groups is 1. The van der Waals surface area contributed by atoms with Crippen LogP contribution in [0, 0.1) is 11.6 Å². The van der Waals surface area contributed by atoms with E-state index in [1.807, 2.05) is 0 Å². The zero-order valence-electron chi connectivity index (χ0n) is 12.2. The Morgan fingerprint density at radius 2 is 2.00 bits per heavy atom. The molecule has 2 aromatic heterocycles. The van der Waals surface area contributed by atoms with E-state index in [2.05, 4.69) is 10.1 Å². The number of aromatic nitrogens is 4.